The fourth-order valence-corrected chi connectivity index (χ4v) is 1.47. The Morgan fingerprint density at radius 1 is 1.22 bits per heavy atom. The van der Waals surface area contributed by atoms with Gasteiger partial charge in [-0.3, -0.25) is 4.39 Å². The first kappa shape index (κ1) is 17.7. The second kappa shape index (κ2) is 8.75. The van der Waals surface area contributed by atoms with Crippen LogP contribution < -0.4 is 21.7 Å². The Kier molecular flexibility index (Phi) is 8.60. The molecular formula is C13H9BrClFMgO. The molecule has 0 radical (unpaired) electrons. The smallest absolute Gasteiger partial charge is 1.00 e. The molecule has 90 valence electrons. The van der Waals surface area contributed by atoms with Crippen molar-refractivity contribution in [2.45, 2.75) is 6.61 Å². The molecule has 0 spiro atoms. The number of rotatable bonds is 3. The van der Waals surface area contributed by atoms with Crippen LogP contribution in [0, 0.1) is 11.9 Å². The molecule has 2 rings (SSSR count). The fraction of sp³-hybridized carbons (Fsp3) is 0.0769. The molecule has 5 heteroatoms. The maximum atomic E-state index is 13.2. The zero-order valence-electron chi connectivity index (χ0n) is 9.50. The Morgan fingerprint density at radius 3 is 2.61 bits per heavy atom. The van der Waals surface area contributed by atoms with Crippen molar-refractivity contribution in [1.29, 1.82) is 0 Å². The molecule has 0 aromatic heterocycles. The van der Waals surface area contributed by atoms with E-state index < -0.39 is 5.82 Å². The molecule has 0 N–H and O–H groups in total. The van der Waals surface area contributed by atoms with Gasteiger partial charge in [-0.2, -0.15) is 12.1 Å². The minimum absolute atomic E-state index is 0. The summed E-state index contributed by atoms with van der Waals surface area (Å²) < 4.78 is 18.5. The zero-order chi connectivity index (χ0) is 11.4. The van der Waals surface area contributed by atoms with E-state index in [4.69, 9.17) is 16.3 Å². The summed E-state index contributed by atoms with van der Waals surface area (Å²) >= 11 is 5.95. The van der Waals surface area contributed by atoms with Crippen LogP contribution in [0.1, 0.15) is 5.56 Å². The third kappa shape index (κ3) is 4.76. The molecule has 0 fully saturated rings. The van der Waals surface area contributed by atoms with Gasteiger partial charge in [0, 0.05) is 22.2 Å². The van der Waals surface area contributed by atoms with Crippen LogP contribution in [0.3, 0.4) is 0 Å². The maximum Gasteiger partial charge on any atom is 2.00 e. The van der Waals surface area contributed by atoms with Gasteiger partial charge in [0.1, 0.15) is 6.61 Å². The summed E-state index contributed by atoms with van der Waals surface area (Å²) in [6, 6.07) is 14.3. The SMILES string of the molecule is Fc1c[c-]ccc1OCc1ccccc1Cl.[Br-].[Mg+2]. The van der Waals surface area contributed by atoms with Crippen LogP contribution in [-0.2, 0) is 6.61 Å². The van der Waals surface area contributed by atoms with Crippen molar-refractivity contribution in [3.05, 3.63) is 64.9 Å². The van der Waals surface area contributed by atoms with Crippen LogP contribution in [0.25, 0.3) is 0 Å². The number of ether oxygens (including phenoxy) is 1. The van der Waals surface area contributed by atoms with Crippen LogP contribution >= 0.6 is 11.6 Å². The first-order valence-electron chi connectivity index (χ1n) is 4.79. The molecule has 0 aliphatic carbocycles. The normalized spacial score (nSPS) is 9.00. The molecule has 0 aliphatic rings. The number of halogens is 3. The van der Waals surface area contributed by atoms with E-state index in [0.29, 0.717) is 5.02 Å². The van der Waals surface area contributed by atoms with Gasteiger partial charge in [-0.15, -0.1) is 12.1 Å². The molecule has 0 saturated heterocycles. The molecule has 0 aliphatic heterocycles. The second-order valence-electron chi connectivity index (χ2n) is 3.24. The summed E-state index contributed by atoms with van der Waals surface area (Å²) in [5.74, 6) is -0.215. The minimum atomic E-state index is -0.422. The standard InChI is InChI=1S/C13H9ClFO.BrH.Mg/c14-11-6-2-1-5-10(11)9-16-13-8-4-3-7-12(13)15;;/h1-2,4-8H,9H2;1H;/q-1;;+2/p-1. The topological polar surface area (TPSA) is 9.23 Å². The van der Waals surface area contributed by atoms with Gasteiger partial charge in [0.05, 0.1) is 0 Å². The van der Waals surface area contributed by atoms with Gasteiger partial charge in [-0.25, -0.2) is 0 Å². The Balaban J connectivity index is 0.00000144. The van der Waals surface area contributed by atoms with Crippen LogP contribution in [0.2, 0.25) is 5.02 Å². The molecule has 2 aromatic rings. The van der Waals surface area contributed by atoms with Crippen molar-refractivity contribution in [2.75, 3.05) is 0 Å². The summed E-state index contributed by atoms with van der Waals surface area (Å²) in [4.78, 5) is 0. The van der Waals surface area contributed by atoms with Crippen LogP contribution in [0.15, 0.2) is 42.5 Å². The largest absolute Gasteiger partial charge is 2.00 e. The van der Waals surface area contributed by atoms with Gasteiger partial charge < -0.3 is 21.7 Å². The van der Waals surface area contributed by atoms with Gasteiger partial charge in [0.2, 0.25) is 0 Å². The first-order valence-corrected chi connectivity index (χ1v) is 5.17. The van der Waals surface area contributed by atoms with Gasteiger partial charge in [-0.05, 0) is 6.07 Å². The number of hydrogen-bond acceptors (Lipinski definition) is 1. The maximum absolute atomic E-state index is 13.2. The monoisotopic (exact) mass is 338 g/mol. The average molecular weight is 340 g/mol. The van der Waals surface area contributed by atoms with E-state index in [2.05, 4.69) is 6.07 Å². The van der Waals surface area contributed by atoms with E-state index in [0.717, 1.165) is 5.56 Å². The van der Waals surface area contributed by atoms with Crippen molar-refractivity contribution in [3.63, 3.8) is 0 Å². The molecule has 0 atom stereocenters. The Labute approximate surface area is 137 Å². The van der Waals surface area contributed by atoms with Gasteiger partial charge in [0.15, 0.2) is 0 Å². The molecule has 18 heavy (non-hydrogen) atoms. The van der Waals surface area contributed by atoms with E-state index in [9.17, 15) is 4.39 Å². The van der Waals surface area contributed by atoms with E-state index in [1.54, 1.807) is 12.1 Å². The summed E-state index contributed by atoms with van der Waals surface area (Å²) in [7, 11) is 0. The third-order valence-corrected chi connectivity index (χ3v) is 2.49. The van der Waals surface area contributed by atoms with Crippen LogP contribution in [0.5, 0.6) is 5.75 Å². The van der Waals surface area contributed by atoms with E-state index in [-0.39, 0.29) is 52.4 Å². The average Bonchev–Trinajstić information content (AvgIpc) is 2.30. The van der Waals surface area contributed by atoms with E-state index in [1.165, 1.54) is 12.1 Å². The molecule has 0 bridgehead atoms. The van der Waals surface area contributed by atoms with E-state index >= 15 is 0 Å². The molecular weight excluding hydrogens is 331 g/mol. The Bertz CT molecular complexity index is 450. The predicted molar refractivity (Wildman–Crippen MR) is 66.8 cm³/mol. The zero-order valence-corrected chi connectivity index (χ0v) is 13.3. The van der Waals surface area contributed by atoms with Crippen molar-refractivity contribution < 1.29 is 26.1 Å². The summed E-state index contributed by atoms with van der Waals surface area (Å²) in [5, 5.41) is 0.616. The molecule has 2 aromatic carbocycles. The molecule has 1 nitrogen and oxygen atoms in total. The van der Waals surface area contributed by atoms with Crippen molar-refractivity contribution in [1.82, 2.24) is 0 Å². The Hall–Kier alpha value is -0.294. The summed E-state index contributed by atoms with van der Waals surface area (Å²) in [5.41, 5.74) is 0.830. The quantitative estimate of drug-likeness (QED) is 0.584. The number of hydrogen-bond donors (Lipinski definition) is 0. The van der Waals surface area contributed by atoms with Crippen molar-refractivity contribution >= 4 is 34.7 Å². The third-order valence-electron chi connectivity index (χ3n) is 2.12. The summed E-state index contributed by atoms with van der Waals surface area (Å²) in [6.45, 7) is 0.251. The second-order valence-corrected chi connectivity index (χ2v) is 3.64. The van der Waals surface area contributed by atoms with Crippen molar-refractivity contribution in [2.24, 2.45) is 0 Å². The van der Waals surface area contributed by atoms with Crippen LogP contribution in [0.4, 0.5) is 4.39 Å². The van der Waals surface area contributed by atoms with Crippen LogP contribution in [-0.4, -0.2) is 23.1 Å². The molecule has 0 amide bonds. The van der Waals surface area contributed by atoms with Gasteiger partial charge in [-0.1, -0.05) is 29.8 Å². The molecule has 0 heterocycles. The van der Waals surface area contributed by atoms with Gasteiger partial charge >= 0.3 is 23.1 Å². The summed E-state index contributed by atoms with van der Waals surface area (Å²) in [6.07, 6.45) is 0. The van der Waals surface area contributed by atoms with Crippen molar-refractivity contribution in [3.8, 4) is 5.75 Å². The number of benzene rings is 2. The Morgan fingerprint density at radius 2 is 1.94 bits per heavy atom. The minimum Gasteiger partial charge on any atom is -1.00 e. The first-order chi connectivity index (χ1) is 7.77. The fourth-order valence-electron chi connectivity index (χ4n) is 1.28. The van der Waals surface area contributed by atoms with E-state index in [1.807, 2.05) is 18.2 Å². The predicted octanol–water partition coefficient (Wildman–Crippen LogP) is 0.481. The molecule has 0 saturated carbocycles. The van der Waals surface area contributed by atoms with Gasteiger partial charge in [0.25, 0.3) is 0 Å². The molecule has 0 unspecified atom stereocenters.